The van der Waals surface area contributed by atoms with Crippen molar-refractivity contribution in [1.29, 1.82) is 0 Å². The number of hydrogen-bond acceptors (Lipinski definition) is 6. The van der Waals surface area contributed by atoms with Gasteiger partial charge in [0.05, 0.1) is 24.9 Å². The summed E-state index contributed by atoms with van der Waals surface area (Å²) in [4.78, 5) is 36.8. The van der Waals surface area contributed by atoms with Crippen molar-refractivity contribution in [2.45, 2.75) is 76.9 Å². The van der Waals surface area contributed by atoms with Crippen molar-refractivity contribution in [3.63, 3.8) is 0 Å². The molecule has 4 saturated carbocycles. The van der Waals surface area contributed by atoms with Crippen LogP contribution in [0, 0.1) is 34.0 Å². The Bertz CT molecular complexity index is 842. The van der Waals surface area contributed by atoms with Gasteiger partial charge in [-0.25, -0.2) is 9.13 Å². The second-order valence-corrected chi connectivity index (χ2v) is 13.7. The first-order valence-electron chi connectivity index (χ1n) is 11.4. The van der Waals surface area contributed by atoms with E-state index in [9.17, 15) is 29.1 Å². The van der Waals surface area contributed by atoms with Gasteiger partial charge in [0, 0.05) is 5.41 Å². The van der Waals surface area contributed by atoms with E-state index >= 15 is 0 Å². The van der Waals surface area contributed by atoms with Crippen LogP contribution in [0.1, 0.15) is 65.2 Å². The van der Waals surface area contributed by atoms with E-state index in [0.29, 0.717) is 25.2 Å². The van der Waals surface area contributed by atoms with Crippen molar-refractivity contribution in [3.8, 4) is 0 Å². The highest BCUT2D eigenvalue weighted by Gasteiger charge is 2.70. The number of phosphoric acid groups is 2. The van der Waals surface area contributed by atoms with Crippen LogP contribution in [-0.4, -0.2) is 54.7 Å². The molecule has 10 nitrogen and oxygen atoms in total. The molecule has 0 radical (unpaired) electrons. The van der Waals surface area contributed by atoms with Gasteiger partial charge in [0.2, 0.25) is 0 Å². The van der Waals surface area contributed by atoms with E-state index in [-0.39, 0.29) is 29.3 Å². The van der Waals surface area contributed by atoms with Gasteiger partial charge in [0.25, 0.3) is 0 Å². The van der Waals surface area contributed by atoms with E-state index in [1.807, 2.05) is 6.92 Å². The minimum absolute atomic E-state index is 0.00200. The molecule has 4 rings (SSSR count). The molecule has 186 valence electrons. The third-order valence-corrected chi connectivity index (χ3v) is 10.9. The Hall–Kier alpha value is 0.140. The maximum atomic E-state index is 11.4. The molecule has 2 unspecified atom stereocenters. The van der Waals surface area contributed by atoms with Gasteiger partial charge in [-0.05, 0) is 80.0 Å². The average Bonchev–Trinajstić information content (AvgIpc) is 3.02. The number of fused-ring (bicyclic) bond motifs is 2. The first kappa shape index (κ1) is 25.2. The van der Waals surface area contributed by atoms with E-state index in [2.05, 4.69) is 6.92 Å². The lowest BCUT2D eigenvalue weighted by Gasteiger charge is -2.66. The zero-order valence-corrected chi connectivity index (χ0v) is 20.4. The van der Waals surface area contributed by atoms with Crippen molar-refractivity contribution in [3.05, 3.63) is 0 Å². The molecule has 0 aromatic heterocycles. The molecule has 12 heteroatoms. The Balaban J connectivity index is 1.62. The zero-order chi connectivity index (χ0) is 23.8. The molecule has 4 aliphatic rings. The molecule has 8 atom stereocenters. The molecule has 32 heavy (non-hydrogen) atoms. The van der Waals surface area contributed by atoms with Gasteiger partial charge in [-0.1, -0.05) is 13.8 Å². The highest BCUT2D eigenvalue weighted by atomic mass is 31.2. The van der Waals surface area contributed by atoms with Crippen molar-refractivity contribution >= 4 is 15.6 Å². The van der Waals surface area contributed by atoms with Gasteiger partial charge in [0.15, 0.2) is 0 Å². The average molecular weight is 498 g/mol. The molecule has 0 saturated heterocycles. The van der Waals surface area contributed by atoms with Crippen LogP contribution in [0.3, 0.4) is 0 Å². The lowest BCUT2D eigenvalue weighted by molar-refractivity contribution is -0.215. The Kier molecular flexibility index (Phi) is 6.17. The second kappa shape index (κ2) is 7.82. The fourth-order valence-electron chi connectivity index (χ4n) is 8.32. The van der Waals surface area contributed by atoms with E-state index in [0.717, 1.165) is 32.1 Å². The number of phosphoric ester groups is 2. The topological polar surface area (TPSA) is 174 Å². The molecule has 6 N–H and O–H groups in total. The standard InChI is InChI=1S/C20H36O10P2/c1-17(11-29-31(23,24)25)15-4-3-13-9-14-10-19(13,18(15,2)6-5-16(17)21)7-8-20(14,22)12-30-32(26,27)28/h13-16,21-22H,3-12H2,1-2H3,(H2,23,24,25)(H2,26,27,28)/t13?,14-,15+,16-,17+,18+,19?,20+/m1/s1. The molecule has 0 aromatic rings. The summed E-state index contributed by atoms with van der Waals surface area (Å²) < 4.78 is 32.3. The largest absolute Gasteiger partial charge is 0.469 e. The molecule has 1 spiro atoms. The summed E-state index contributed by atoms with van der Waals surface area (Å²) in [7, 11) is -9.36. The van der Waals surface area contributed by atoms with Crippen LogP contribution in [0.4, 0.5) is 0 Å². The minimum atomic E-state index is -4.68. The molecule has 4 fully saturated rings. The van der Waals surface area contributed by atoms with Gasteiger partial charge < -0.3 is 29.8 Å². The van der Waals surface area contributed by atoms with Crippen LogP contribution >= 0.6 is 15.6 Å². The van der Waals surface area contributed by atoms with Crippen molar-refractivity contribution in [1.82, 2.24) is 0 Å². The second-order valence-electron chi connectivity index (χ2n) is 11.2. The Morgan fingerprint density at radius 2 is 1.50 bits per heavy atom. The van der Waals surface area contributed by atoms with E-state index in [1.165, 1.54) is 0 Å². The van der Waals surface area contributed by atoms with Gasteiger partial charge in [-0.15, -0.1) is 0 Å². The Morgan fingerprint density at radius 1 is 0.875 bits per heavy atom. The maximum Gasteiger partial charge on any atom is 0.469 e. The highest BCUT2D eigenvalue weighted by molar-refractivity contribution is 7.46. The molecule has 0 aliphatic heterocycles. The van der Waals surface area contributed by atoms with E-state index in [4.69, 9.17) is 18.8 Å². The summed E-state index contributed by atoms with van der Waals surface area (Å²) in [5, 5.41) is 22.2. The summed E-state index contributed by atoms with van der Waals surface area (Å²) in [6, 6.07) is 0. The maximum absolute atomic E-state index is 11.4. The fourth-order valence-corrected chi connectivity index (χ4v) is 9.15. The van der Waals surface area contributed by atoms with E-state index in [1.54, 1.807) is 0 Å². The number of aliphatic hydroxyl groups excluding tert-OH is 1. The van der Waals surface area contributed by atoms with E-state index < -0.39 is 39.4 Å². The summed E-state index contributed by atoms with van der Waals surface area (Å²) >= 11 is 0. The molecule has 0 amide bonds. The van der Waals surface area contributed by atoms with Crippen LogP contribution in [0.5, 0.6) is 0 Å². The van der Waals surface area contributed by atoms with Crippen molar-refractivity contribution < 1.29 is 48.0 Å². The monoisotopic (exact) mass is 498 g/mol. The number of aliphatic hydroxyl groups is 2. The smallest absolute Gasteiger partial charge is 0.392 e. The van der Waals surface area contributed by atoms with Crippen LogP contribution < -0.4 is 0 Å². The summed E-state index contributed by atoms with van der Waals surface area (Å²) in [6.07, 6.45) is 4.80. The molecule has 0 aromatic carbocycles. The van der Waals surface area contributed by atoms with Gasteiger partial charge in [-0.2, -0.15) is 0 Å². The molecule has 0 heterocycles. The van der Waals surface area contributed by atoms with Gasteiger partial charge in [-0.3, -0.25) is 9.05 Å². The molecule has 2 bridgehead atoms. The number of rotatable bonds is 6. The third-order valence-electron chi connectivity index (χ3n) is 9.96. The predicted molar refractivity (Wildman–Crippen MR) is 113 cm³/mol. The minimum Gasteiger partial charge on any atom is -0.392 e. The quantitative estimate of drug-likeness (QED) is 0.298. The first-order chi connectivity index (χ1) is 14.5. The van der Waals surface area contributed by atoms with Crippen LogP contribution in [-0.2, 0) is 18.2 Å². The molecular weight excluding hydrogens is 462 g/mol. The van der Waals surface area contributed by atoms with Crippen molar-refractivity contribution in [2.24, 2.45) is 34.0 Å². The van der Waals surface area contributed by atoms with Gasteiger partial charge in [0.1, 0.15) is 0 Å². The highest BCUT2D eigenvalue weighted by Crippen LogP contribution is 2.75. The molecule has 4 aliphatic carbocycles. The molecular formula is C20H36O10P2. The lowest BCUT2D eigenvalue weighted by atomic mass is 9.39. The normalized spacial score (nSPS) is 48.9. The van der Waals surface area contributed by atoms with Crippen LogP contribution in [0.25, 0.3) is 0 Å². The zero-order valence-electron chi connectivity index (χ0n) is 18.6. The lowest BCUT2D eigenvalue weighted by Crippen LogP contribution is -2.63. The fraction of sp³-hybridized carbons (Fsp3) is 1.00. The summed E-state index contributed by atoms with van der Waals surface area (Å²) in [6.45, 7) is 3.48. The number of hydrogen-bond donors (Lipinski definition) is 6. The first-order valence-corrected chi connectivity index (χ1v) is 14.4. The van der Waals surface area contributed by atoms with Gasteiger partial charge >= 0.3 is 15.6 Å². The SMILES string of the molecule is C[C@@]1(COP(=O)(O)O)[C@H](O)CC[C@@]2(C)[C@H]1CCC1C[C@@H]3CC12CC[C@]3(O)COP(=O)(O)O. The van der Waals surface area contributed by atoms with Crippen LogP contribution in [0.2, 0.25) is 0 Å². The predicted octanol–water partition coefficient (Wildman–Crippen LogP) is 2.32. The Labute approximate surface area is 188 Å². The van der Waals surface area contributed by atoms with Crippen LogP contribution in [0.15, 0.2) is 0 Å². The summed E-state index contributed by atoms with van der Waals surface area (Å²) in [5.74, 6) is 0.214. The Morgan fingerprint density at radius 3 is 2.12 bits per heavy atom. The summed E-state index contributed by atoms with van der Waals surface area (Å²) in [5.41, 5.74) is -2.39. The van der Waals surface area contributed by atoms with Crippen molar-refractivity contribution in [2.75, 3.05) is 13.2 Å². The third kappa shape index (κ3) is 3.98.